The molecule has 0 amide bonds. The third-order valence-electron chi connectivity index (χ3n) is 5.36. The second-order valence-corrected chi connectivity index (χ2v) is 6.92. The van der Waals surface area contributed by atoms with Crippen LogP contribution in [0.2, 0.25) is 0 Å². The maximum atomic E-state index is 12.4. The molecule has 27 heavy (non-hydrogen) atoms. The number of H-pyrrole nitrogens is 1. The Morgan fingerprint density at radius 1 is 1.19 bits per heavy atom. The predicted molar refractivity (Wildman–Crippen MR) is 103 cm³/mol. The second kappa shape index (κ2) is 7.40. The molecule has 6 nitrogen and oxygen atoms in total. The average Bonchev–Trinajstić information content (AvgIpc) is 3.15. The molecule has 2 N–H and O–H groups in total. The van der Waals surface area contributed by atoms with E-state index in [0.717, 1.165) is 42.2 Å². The number of para-hydroxylation sites is 1. The van der Waals surface area contributed by atoms with Crippen molar-refractivity contribution < 1.29 is 14.4 Å². The average molecular weight is 366 g/mol. The van der Waals surface area contributed by atoms with E-state index < -0.39 is 0 Å². The van der Waals surface area contributed by atoms with Gasteiger partial charge in [0.15, 0.2) is 5.82 Å². The van der Waals surface area contributed by atoms with Gasteiger partial charge in [0.1, 0.15) is 24.1 Å². The van der Waals surface area contributed by atoms with Gasteiger partial charge in [-0.15, -0.1) is 0 Å². The van der Waals surface area contributed by atoms with Crippen LogP contribution in [0.5, 0.6) is 11.5 Å². The molecule has 0 aliphatic carbocycles. The standard InChI is InChI=1S/C21H23N3O3/c1-26-14-9-10-16(19(12-14)27-2)18-8-5-11-24(18)13-20-22-17-7-4-3-6-15(17)21(25)23-20/h3-4,6-7,9-10,12,18H,5,8,11,13H2,1-2H3,(H,22,23,25)/p+1/t18-/m0/s1. The summed E-state index contributed by atoms with van der Waals surface area (Å²) in [6, 6.07) is 13.8. The lowest BCUT2D eigenvalue weighted by atomic mass is 10.0. The molecule has 0 saturated carbocycles. The zero-order chi connectivity index (χ0) is 18.8. The maximum absolute atomic E-state index is 12.4. The largest absolute Gasteiger partial charge is 0.497 e. The van der Waals surface area contributed by atoms with E-state index in [4.69, 9.17) is 9.47 Å². The van der Waals surface area contributed by atoms with E-state index in [1.165, 1.54) is 10.5 Å². The molecule has 2 atom stereocenters. The van der Waals surface area contributed by atoms with Gasteiger partial charge in [-0.05, 0) is 24.3 Å². The van der Waals surface area contributed by atoms with E-state index in [0.29, 0.717) is 18.0 Å². The summed E-state index contributed by atoms with van der Waals surface area (Å²) in [6.07, 6.45) is 2.21. The number of aromatic nitrogens is 2. The number of benzene rings is 2. The van der Waals surface area contributed by atoms with Gasteiger partial charge in [0.2, 0.25) is 0 Å². The van der Waals surface area contributed by atoms with Crippen molar-refractivity contribution in [1.82, 2.24) is 9.97 Å². The first-order chi connectivity index (χ1) is 13.2. The van der Waals surface area contributed by atoms with Crippen LogP contribution in [0.3, 0.4) is 0 Å². The highest BCUT2D eigenvalue weighted by Crippen LogP contribution is 2.31. The van der Waals surface area contributed by atoms with E-state index in [2.05, 4.69) is 16.0 Å². The molecule has 3 aromatic rings. The third-order valence-corrected chi connectivity index (χ3v) is 5.36. The Morgan fingerprint density at radius 2 is 2.04 bits per heavy atom. The van der Waals surface area contributed by atoms with Gasteiger partial charge in [-0.3, -0.25) is 4.79 Å². The molecule has 4 rings (SSSR count). The van der Waals surface area contributed by atoms with Crippen LogP contribution in [0.15, 0.2) is 47.3 Å². The fourth-order valence-electron chi connectivity index (χ4n) is 4.04. The van der Waals surface area contributed by atoms with Crippen LogP contribution in [0.4, 0.5) is 0 Å². The quantitative estimate of drug-likeness (QED) is 0.723. The van der Waals surface area contributed by atoms with Gasteiger partial charge in [-0.25, -0.2) is 4.98 Å². The first kappa shape index (κ1) is 17.5. The van der Waals surface area contributed by atoms with Crippen molar-refractivity contribution in [2.24, 2.45) is 0 Å². The molecule has 6 heteroatoms. The minimum atomic E-state index is -0.0761. The summed E-state index contributed by atoms with van der Waals surface area (Å²) in [6.45, 7) is 1.72. The lowest BCUT2D eigenvalue weighted by Crippen LogP contribution is -3.09. The number of hydrogen-bond donors (Lipinski definition) is 2. The smallest absolute Gasteiger partial charge is 0.258 e. The first-order valence-corrected chi connectivity index (χ1v) is 9.24. The highest BCUT2D eigenvalue weighted by molar-refractivity contribution is 5.77. The SMILES string of the molecule is COc1ccc([C@@H]2CCC[NH+]2Cc2nc3ccccc3c(=O)[nH]2)c(OC)c1. The normalized spacial score (nSPS) is 19.3. The number of methoxy groups -OCH3 is 2. The van der Waals surface area contributed by atoms with Crippen molar-refractivity contribution in [3.8, 4) is 11.5 Å². The zero-order valence-electron chi connectivity index (χ0n) is 15.6. The fourth-order valence-corrected chi connectivity index (χ4v) is 4.04. The Balaban J connectivity index is 1.64. The monoisotopic (exact) mass is 366 g/mol. The summed E-state index contributed by atoms with van der Waals surface area (Å²) in [4.78, 5) is 21.4. The van der Waals surface area contributed by atoms with Crippen LogP contribution >= 0.6 is 0 Å². The second-order valence-electron chi connectivity index (χ2n) is 6.92. The highest BCUT2D eigenvalue weighted by atomic mass is 16.5. The number of ether oxygens (including phenoxy) is 2. The molecule has 1 aliphatic rings. The molecule has 0 radical (unpaired) electrons. The van der Waals surface area contributed by atoms with Gasteiger partial charge in [0.05, 0.1) is 37.2 Å². The van der Waals surface area contributed by atoms with Crippen LogP contribution < -0.4 is 19.9 Å². The van der Waals surface area contributed by atoms with Gasteiger partial charge in [-0.1, -0.05) is 12.1 Å². The van der Waals surface area contributed by atoms with Crippen molar-refractivity contribution in [1.29, 1.82) is 0 Å². The fraction of sp³-hybridized carbons (Fsp3) is 0.333. The molecule has 1 aromatic heterocycles. The van der Waals surface area contributed by atoms with E-state index in [9.17, 15) is 4.79 Å². The lowest BCUT2D eigenvalue weighted by Gasteiger charge is -2.23. The van der Waals surface area contributed by atoms with Gasteiger partial charge in [0, 0.05) is 18.9 Å². The minimum Gasteiger partial charge on any atom is -0.497 e. The van der Waals surface area contributed by atoms with Crippen LogP contribution in [0.1, 0.15) is 30.3 Å². The number of quaternary nitrogens is 1. The Hall–Kier alpha value is -2.86. The molecule has 1 saturated heterocycles. The first-order valence-electron chi connectivity index (χ1n) is 9.24. The molecular weight excluding hydrogens is 342 g/mol. The molecule has 0 spiro atoms. The van der Waals surface area contributed by atoms with Crippen LogP contribution in [-0.2, 0) is 6.54 Å². The molecule has 0 bridgehead atoms. The van der Waals surface area contributed by atoms with Gasteiger partial charge < -0.3 is 19.4 Å². The van der Waals surface area contributed by atoms with E-state index >= 15 is 0 Å². The van der Waals surface area contributed by atoms with Crippen molar-refractivity contribution in [2.45, 2.75) is 25.4 Å². The van der Waals surface area contributed by atoms with E-state index in [1.807, 2.05) is 30.3 Å². The van der Waals surface area contributed by atoms with E-state index in [1.54, 1.807) is 20.3 Å². The Morgan fingerprint density at radius 3 is 2.85 bits per heavy atom. The van der Waals surface area contributed by atoms with Crippen molar-refractivity contribution in [3.05, 3.63) is 64.2 Å². The van der Waals surface area contributed by atoms with E-state index in [-0.39, 0.29) is 5.56 Å². The Bertz CT molecular complexity index is 1010. The molecule has 1 fully saturated rings. The zero-order valence-corrected chi connectivity index (χ0v) is 15.6. The van der Waals surface area contributed by atoms with Crippen LogP contribution in [0, 0.1) is 0 Å². The molecule has 2 aromatic carbocycles. The van der Waals surface area contributed by atoms with Crippen molar-refractivity contribution in [2.75, 3.05) is 20.8 Å². The summed E-state index contributed by atoms with van der Waals surface area (Å²) in [5.41, 5.74) is 1.84. The lowest BCUT2D eigenvalue weighted by molar-refractivity contribution is -0.932. The number of fused-ring (bicyclic) bond motifs is 1. The Kier molecular flexibility index (Phi) is 4.81. The van der Waals surface area contributed by atoms with Crippen molar-refractivity contribution in [3.63, 3.8) is 0 Å². The van der Waals surface area contributed by atoms with Gasteiger partial charge in [0.25, 0.3) is 5.56 Å². The molecule has 1 aliphatic heterocycles. The minimum absolute atomic E-state index is 0.0761. The van der Waals surface area contributed by atoms with Crippen molar-refractivity contribution >= 4 is 10.9 Å². The predicted octanol–water partition coefficient (Wildman–Crippen LogP) is 1.86. The van der Waals surface area contributed by atoms with Crippen LogP contribution in [-0.4, -0.2) is 30.7 Å². The molecular formula is C21H24N3O3+. The molecule has 2 heterocycles. The number of hydrogen-bond acceptors (Lipinski definition) is 4. The third kappa shape index (κ3) is 3.40. The Labute approximate surface area is 157 Å². The highest BCUT2D eigenvalue weighted by Gasteiger charge is 2.33. The van der Waals surface area contributed by atoms with Crippen LogP contribution in [0.25, 0.3) is 10.9 Å². The summed E-state index contributed by atoms with van der Waals surface area (Å²) in [5, 5.41) is 0.631. The molecule has 1 unspecified atom stereocenters. The number of nitrogens with one attached hydrogen (secondary N) is 2. The maximum Gasteiger partial charge on any atom is 0.258 e. The summed E-state index contributed by atoms with van der Waals surface area (Å²) in [7, 11) is 3.35. The topological polar surface area (TPSA) is 68.7 Å². The van der Waals surface area contributed by atoms with Gasteiger partial charge >= 0.3 is 0 Å². The summed E-state index contributed by atoms with van der Waals surface area (Å²) >= 11 is 0. The van der Waals surface area contributed by atoms with Gasteiger partial charge in [-0.2, -0.15) is 0 Å². The molecule has 140 valence electrons. The number of rotatable bonds is 5. The number of nitrogens with zero attached hydrogens (tertiary/aromatic N) is 1. The summed E-state index contributed by atoms with van der Waals surface area (Å²) in [5.74, 6) is 2.36. The number of aromatic amines is 1. The summed E-state index contributed by atoms with van der Waals surface area (Å²) < 4.78 is 10.9. The number of likely N-dealkylation sites (tertiary alicyclic amines) is 1.